The number of piperazine rings is 1. The lowest BCUT2D eigenvalue weighted by molar-refractivity contribution is -0.914. The van der Waals surface area contributed by atoms with Crippen LogP contribution in [-0.4, -0.2) is 39.9 Å². The van der Waals surface area contributed by atoms with Gasteiger partial charge in [0.15, 0.2) is 11.5 Å². The zero-order chi connectivity index (χ0) is 17.6. The van der Waals surface area contributed by atoms with E-state index in [2.05, 4.69) is 48.2 Å². The number of hydrogen-bond acceptors (Lipinski definition) is 3. The number of methoxy groups -OCH3 is 1. The minimum absolute atomic E-state index is 0.655. The van der Waals surface area contributed by atoms with Crippen molar-refractivity contribution in [2.75, 3.05) is 44.8 Å². The summed E-state index contributed by atoms with van der Waals surface area (Å²) in [5.74, 6) is 1.66. The maximum atomic E-state index is 5.70. The highest BCUT2D eigenvalue weighted by molar-refractivity contribution is 5.53. The molecule has 134 valence electrons. The third-order valence-corrected chi connectivity index (χ3v) is 4.91. The predicted molar refractivity (Wildman–Crippen MR) is 102 cm³/mol. The summed E-state index contributed by atoms with van der Waals surface area (Å²) >= 11 is 0. The lowest BCUT2D eigenvalue weighted by atomic mass is 10.1. The number of para-hydroxylation sites is 1. The second-order valence-corrected chi connectivity index (χ2v) is 6.62. The van der Waals surface area contributed by atoms with Gasteiger partial charge in [-0.1, -0.05) is 18.2 Å². The van der Waals surface area contributed by atoms with Crippen LogP contribution in [-0.2, 0) is 6.54 Å². The maximum Gasteiger partial charge on any atom is 0.161 e. The third kappa shape index (κ3) is 4.26. The van der Waals surface area contributed by atoms with Crippen molar-refractivity contribution in [1.82, 2.24) is 0 Å². The van der Waals surface area contributed by atoms with Gasteiger partial charge in [0, 0.05) is 11.3 Å². The smallest absolute Gasteiger partial charge is 0.161 e. The van der Waals surface area contributed by atoms with Gasteiger partial charge in [0.25, 0.3) is 0 Å². The molecule has 1 aliphatic rings. The monoisotopic (exact) mass is 341 g/mol. The van der Waals surface area contributed by atoms with Crippen molar-refractivity contribution in [3.05, 3.63) is 53.6 Å². The summed E-state index contributed by atoms with van der Waals surface area (Å²) in [6.07, 6.45) is 0. The van der Waals surface area contributed by atoms with E-state index in [1.54, 1.807) is 12.0 Å². The molecule has 2 aromatic rings. The van der Waals surface area contributed by atoms with Crippen LogP contribution in [0.4, 0.5) is 5.69 Å². The molecule has 0 spiro atoms. The number of nitrogens with zero attached hydrogens (tertiary/aromatic N) is 1. The van der Waals surface area contributed by atoms with Gasteiger partial charge in [-0.05, 0) is 43.7 Å². The van der Waals surface area contributed by atoms with Crippen LogP contribution >= 0.6 is 0 Å². The Morgan fingerprint density at radius 1 is 1.04 bits per heavy atom. The Bertz CT molecular complexity index is 694. The Balaban J connectivity index is 1.61. The molecule has 0 unspecified atom stereocenters. The van der Waals surface area contributed by atoms with Crippen LogP contribution < -0.4 is 19.3 Å². The van der Waals surface area contributed by atoms with Crippen LogP contribution in [0.5, 0.6) is 11.5 Å². The van der Waals surface area contributed by atoms with Crippen molar-refractivity contribution in [3.63, 3.8) is 0 Å². The fourth-order valence-corrected chi connectivity index (χ4v) is 3.55. The number of ether oxygens (including phenoxy) is 2. The molecule has 0 atom stereocenters. The molecule has 0 aromatic heterocycles. The summed E-state index contributed by atoms with van der Waals surface area (Å²) in [4.78, 5) is 4.14. The van der Waals surface area contributed by atoms with E-state index in [1.165, 1.54) is 16.8 Å². The van der Waals surface area contributed by atoms with Crippen LogP contribution in [0, 0.1) is 6.92 Å². The molecular weight excluding hydrogens is 312 g/mol. The van der Waals surface area contributed by atoms with Crippen LogP contribution in [0.2, 0.25) is 0 Å². The topological polar surface area (TPSA) is 26.1 Å². The molecule has 1 aliphatic heterocycles. The molecule has 1 N–H and O–H groups in total. The SMILES string of the molecule is CCOc1cc(C[NH+]2CCN(c3ccccc3C)CC2)ccc1OC. The summed E-state index contributed by atoms with van der Waals surface area (Å²) in [5.41, 5.74) is 4.05. The van der Waals surface area contributed by atoms with E-state index in [9.17, 15) is 0 Å². The first-order chi connectivity index (χ1) is 12.2. The molecule has 0 radical (unpaired) electrons. The average molecular weight is 341 g/mol. The molecule has 3 rings (SSSR count). The van der Waals surface area contributed by atoms with Crippen molar-refractivity contribution in [3.8, 4) is 11.5 Å². The molecular formula is C21H29N2O2+. The van der Waals surface area contributed by atoms with Crippen LogP contribution in [0.15, 0.2) is 42.5 Å². The van der Waals surface area contributed by atoms with E-state index < -0.39 is 0 Å². The summed E-state index contributed by atoms with van der Waals surface area (Å²) in [5, 5.41) is 0. The lowest BCUT2D eigenvalue weighted by Gasteiger charge is -2.34. The second kappa shape index (κ2) is 8.26. The van der Waals surface area contributed by atoms with Crippen molar-refractivity contribution in [2.45, 2.75) is 20.4 Å². The van der Waals surface area contributed by atoms with E-state index in [1.807, 2.05) is 13.0 Å². The maximum absolute atomic E-state index is 5.70. The standard InChI is InChI=1S/C21H28N2O2/c1-4-25-21-15-18(9-10-20(21)24-3)16-22-11-13-23(14-12-22)19-8-6-5-7-17(19)2/h5-10,15H,4,11-14,16H2,1-3H3/p+1. The number of aryl methyl sites for hydroxylation is 1. The number of nitrogens with one attached hydrogen (secondary N) is 1. The normalized spacial score (nSPS) is 15.2. The van der Waals surface area contributed by atoms with Gasteiger partial charge < -0.3 is 19.3 Å². The van der Waals surface area contributed by atoms with Gasteiger partial charge in [-0.2, -0.15) is 0 Å². The summed E-state index contributed by atoms with van der Waals surface area (Å²) < 4.78 is 11.1. The first-order valence-electron chi connectivity index (χ1n) is 9.15. The fraction of sp³-hybridized carbons (Fsp3) is 0.429. The van der Waals surface area contributed by atoms with Crippen molar-refractivity contribution >= 4 is 5.69 Å². The minimum atomic E-state index is 0.655. The molecule has 0 aliphatic carbocycles. The lowest BCUT2D eigenvalue weighted by Crippen LogP contribution is -3.13. The summed E-state index contributed by atoms with van der Waals surface area (Å²) in [6, 6.07) is 15.0. The van der Waals surface area contributed by atoms with Gasteiger partial charge >= 0.3 is 0 Å². The first kappa shape index (κ1) is 17.6. The van der Waals surface area contributed by atoms with Crippen LogP contribution in [0.3, 0.4) is 0 Å². The third-order valence-electron chi connectivity index (χ3n) is 4.91. The highest BCUT2D eigenvalue weighted by atomic mass is 16.5. The zero-order valence-electron chi connectivity index (χ0n) is 15.5. The predicted octanol–water partition coefficient (Wildman–Crippen LogP) is 2.31. The van der Waals surface area contributed by atoms with E-state index >= 15 is 0 Å². The van der Waals surface area contributed by atoms with E-state index in [0.717, 1.165) is 44.2 Å². The van der Waals surface area contributed by atoms with Crippen molar-refractivity contribution in [1.29, 1.82) is 0 Å². The molecule has 0 saturated carbocycles. The van der Waals surface area contributed by atoms with Crippen LogP contribution in [0.1, 0.15) is 18.1 Å². The first-order valence-corrected chi connectivity index (χ1v) is 9.15. The van der Waals surface area contributed by atoms with Crippen molar-refractivity contribution in [2.24, 2.45) is 0 Å². The largest absolute Gasteiger partial charge is 0.493 e. The van der Waals surface area contributed by atoms with Gasteiger partial charge in [-0.25, -0.2) is 0 Å². The second-order valence-electron chi connectivity index (χ2n) is 6.62. The Hall–Kier alpha value is -2.20. The molecule has 25 heavy (non-hydrogen) atoms. The molecule has 4 heteroatoms. The van der Waals surface area contributed by atoms with Gasteiger partial charge in [0.2, 0.25) is 0 Å². The fourth-order valence-electron chi connectivity index (χ4n) is 3.55. The number of hydrogen-bond donors (Lipinski definition) is 1. The molecule has 1 saturated heterocycles. The van der Waals surface area contributed by atoms with E-state index in [4.69, 9.17) is 9.47 Å². The van der Waals surface area contributed by atoms with E-state index in [-0.39, 0.29) is 0 Å². The Kier molecular flexibility index (Phi) is 5.82. The zero-order valence-corrected chi connectivity index (χ0v) is 15.5. The van der Waals surface area contributed by atoms with Gasteiger partial charge in [-0.3, -0.25) is 0 Å². The summed E-state index contributed by atoms with van der Waals surface area (Å²) in [6.45, 7) is 10.4. The number of quaternary nitrogens is 1. The van der Waals surface area contributed by atoms with Gasteiger partial charge in [0.05, 0.1) is 39.9 Å². The number of benzene rings is 2. The van der Waals surface area contributed by atoms with Gasteiger partial charge in [-0.15, -0.1) is 0 Å². The average Bonchev–Trinajstić information content (AvgIpc) is 2.64. The molecule has 0 amide bonds. The Labute approximate surface area is 151 Å². The molecule has 0 bridgehead atoms. The molecule has 1 heterocycles. The minimum Gasteiger partial charge on any atom is -0.493 e. The Morgan fingerprint density at radius 2 is 1.80 bits per heavy atom. The van der Waals surface area contributed by atoms with Crippen molar-refractivity contribution < 1.29 is 14.4 Å². The highest BCUT2D eigenvalue weighted by Gasteiger charge is 2.21. The summed E-state index contributed by atoms with van der Waals surface area (Å²) in [7, 11) is 1.69. The molecule has 1 fully saturated rings. The Morgan fingerprint density at radius 3 is 2.48 bits per heavy atom. The van der Waals surface area contributed by atoms with Gasteiger partial charge in [0.1, 0.15) is 6.54 Å². The molecule has 4 nitrogen and oxygen atoms in total. The number of rotatable bonds is 6. The number of anilines is 1. The van der Waals surface area contributed by atoms with Crippen LogP contribution in [0.25, 0.3) is 0 Å². The molecule has 2 aromatic carbocycles. The highest BCUT2D eigenvalue weighted by Crippen LogP contribution is 2.27. The quantitative estimate of drug-likeness (QED) is 0.873. The van der Waals surface area contributed by atoms with E-state index in [0.29, 0.717) is 6.61 Å².